The summed E-state index contributed by atoms with van der Waals surface area (Å²) in [4.78, 5) is 10.9. The second kappa shape index (κ2) is 6.29. The van der Waals surface area contributed by atoms with Crippen molar-refractivity contribution in [1.82, 2.24) is 0 Å². The van der Waals surface area contributed by atoms with Gasteiger partial charge in [-0.1, -0.05) is 6.07 Å². The van der Waals surface area contributed by atoms with E-state index in [1.165, 1.54) is 25.3 Å². The van der Waals surface area contributed by atoms with Gasteiger partial charge in [-0.05, 0) is 46.3 Å². The normalized spacial score (nSPS) is 9.76. The first-order chi connectivity index (χ1) is 10.1. The summed E-state index contributed by atoms with van der Waals surface area (Å²) in [6, 6.07) is 11.4. The maximum absolute atomic E-state index is 10.9. The molecule has 1 N–H and O–H groups in total. The lowest BCUT2D eigenvalue weighted by molar-refractivity contribution is 0.0696. The number of ether oxygens (including phenoxy) is 2. The average Bonchev–Trinajstić information content (AvgIpc) is 2.47. The fraction of sp³-hybridized carbons (Fsp3) is 0.0667. The van der Waals surface area contributed by atoms with E-state index in [-0.39, 0.29) is 11.3 Å². The number of rotatable bonds is 4. The van der Waals surface area contributed by atoms with Crippen LogP contribution in [0.5, 0.6) is 17.2 Å². The zero-order valence-electron chi connectivity index (χ0n) is 11.0. The highest BCUT2D eigenvalue weighted by Crippen LogP contribution is 2.35. The molecular weight excluding hydrogens is 338 g/mol. The molecule has 0 unspecified atom stereocenters. The van der Waals surface area contributed by atoms with Gasteiger partial charge in [0.05, 0.1) is 12.7 Å². The molecule has 5 nitrogen and oxygen atoms in total. The molecule has 2 aromatic carbocycles. The van der Waals surface area contributed by atoms with Gasteiger partial charge in [0.1, 0.15) is 17.4 Å². The molecule has 106 valence electrons. The highest BCUT2D eigenvalue weighted by molar-refractivity contribution is 9.10. The van der Waals surface area contributed by atoms with Gasteiger partial charge >= 0.3 is 5.97 Å². The van der Waals surface area contributed by atoms with Gasteiger partial charge in [-0.2, -0.15) is 5.26 Å². The van der Waals surface area contributed by atoms with Gasteiger partial charge in [-0.25, -0.2) is 4.79 Å². The molecule has 0 fully saturated rings. The molecule has 0 amide bonds. The third-order valence-electron chi connectivity index (χ3n) is 2.72. The lowest BCUT2D eigenvalue weighted by Gasteiger charge is -2.12. The van der Waals surface area contributed by atoms with Crippen LogP contribution in [0, 0.1) is 11.3 Å². The maximum Gasteiger partial charge on any atom is 0.335 e. The lowest BCUT2D eigenvalue weighted by Crippen LogP contribution is -1.99. The van der Waals surface area contributed by atoms with Crippen LogP contribution >= 0.6 is 15.9 Å². The van der Waals surface area contributed by atoms with Gasteiger partial charge in [0, 0.05) is 4.47 Å². The van der Waals surface area contributed by atoms with Gasteiger partial charge < -0.3 is 14.6 Å². The number of aromatic carboxylic acids is 1. The molecule has 0 heterocycles. The van der Waals surface area contributed by atoms with Crippen molar-refractivity contribution >= 4 is 21.9 Å². The molecular formula is C15H10BrNO4. The Hall–Kier alpha value is -2.52. The van der Waals surface area contributed by atoms with Crippen molar-refractivity contribution in [3.05, 3.63) is 52.0 Å². The summed E-state index contributed by atoms with van der Waals surface area (Å²) in [6.45, 7) is 0. The topological polar surface area (TPSA) is 79.6 Å². The van der Waals surface area contributed by atoms with E-state index >= 15 is 0 Å². The van der Waals surface area contributed by atoms with Crippen molar-refractivity contribution < 1.29 is 19.4 Å². The summed E-state index contributed by atoms with van der Waals surface area (Å²) in [5.41, 5.74) is 0.441. The van der Waals surface area contributed by atoms with Crippen molar-refractivity contribution in [2.45, 2.75) is 0 Å². The second-order valence-corrected chi connectivity index (χ2v) is 4.85. The molecule has 0 radical (unpaired) electrons. The molecule has 2 rings (SSSR count). The molecule has 0 aliphatic carbocycles. The van der Waals surface area contributed by atoms with Crippen LogP contribution in [-0.4, -0.2) is 18.2 Å². The van der Waals surface area contributed by atoms with E-state index in [2.05, 4.69) is 15.9 Å². The third kappa shape index (κ3) is 3.15. The summed E-state index contributed by atoms with van der Waals surface area (Å²) in [5.74, 6) is -0.0934. The van der Waals surface area contributed by atoms with Crippen LogP contribution in [-0.2, 0) is 0 Å². The monoisotopic (exact) mass is 347 g/mol. The fourth-order valence-corrected chi connectivity index (χ4v) is 2.14. The van der Waals surface area contributed by atoms with Gasteiger partial charge in [0.15, 0.2) is 11.5 Å². The van der Waals surface area contributed by atoms with Crippen molar-refractivity contribution in [1.29, 1.82) is 5.26 Å². The Kier molecular flexibility index (Phi) is 4.45. The Morgan fingerprint density at radius 3 is 2.62 bits per heavy atom. The summed E-state index contributed by atoms with van der Waals surface area (Å²) < 4.78 is 11.4. The summed E-state index contributed by atoms with van der Waals surface area (Å²) in [6.07, 6.45) is 0. The highest BCUT2D eigenvalue weighted by atomic mass is 79.9. The molecule has 0 spiro atoms. The number of carboxylic acids is 1. The van der Waals surface area contributed by atoms with Crippen molar-refractivity contribution in [3.63, 3.8) is 0 Å². The first-order valence-corrected chi connectivity index (χ1v) is 6.64. The quantitative estimate of drug-likeness (QED) is 0.909. The number of halogens is 1. The predicted molar refractivity (Wildman–Crippen MR) is 78.9 cm³/mol. The zero-order valence-corrected chi connectivity index (χ0v) is 12.5. The minimum atomic E-state index is -1.06. The first kappa shape index (κ1) is 14.9. The van der Waals surface area contributed by atoms with Gasteiger partial charge in [0.2, 0.25) is 0 Å². The van der Waals surface area contributed by atoms with E-state index in [0.29, 0.717) is 21.5 Å². The van der Waals surface area contributed by atoms with Crippen LogP contribution in [0.25, 0.3) is 0 Å². The predicted octanol–water partition coefficient (Wildman–Crippen LogP) is 3.82. The van der Waals surface area contributed by atoms with Gasteiger partial charge in [0.25, 0.3) is 0 Å². The minimum Gasteiger partial charge on any atom is -0.493 e. The number of nitrogens with zero attached hydrogens (tertiary/aromatic N) is 1. The van der Waals surface area contributed by atoms with Crippen LogP contribution in [0.3, 0.4) is 0 Å². The molecule has 0 aliphatic rings. The lowest BCUT2D eigenvalue weighted by atomic mass is 10.2. The zero-order chi connectivity index (χ0) is 15.4. The molecule has 0 bridgehead atoms. The number of hydrogen-bond acceptors (Lipinski definition) is 4. The van der Waals surface area contributed by atoms with E-state index in [1.807, 2.05) is 6.07 Å². The van der Waals surface area contributed by atoms with Crippen LogP contribution in [0.1, 0.15) is 15.9 Å². The number of carboxylic acid groups (broad SMARTS) is 1. The van der Waals surface area contributed by atoms with E-state index in [9.17, 15) is 4.79 Å². The van der Waals surface area contributed by atoms with E-state index in [0.717, 1.165) is 0 Å². The molecule has 21 heavy (non-hydrogen) atoms. The summed E-state index contributed by atoms with van der Waals surface area (Å²) in [5, 5.41) is 18.1. The largest absolute Gasteiger partial charge is 0.493 e. The van der Waals surface area contributed by atoms with E-state index in [4.69, 9.17) is 19.8 Å². The Morgan fingerprint density at radius 1 is 1.24 bits per heavy atom. The third-order valence-corrected chi connectivity index (χ3v) is 3.38. The smallest absolute Gasteiger partial charge is 0.335 e. The van der Waals surface area contributed by atoms with Gasteiger partial charge in [-0.15, -0.1) is 0 Å². The SMILES string of the molecule is COc1cc(C(=O)O)ccc1Oc1cccc(Br)c1C#N. The molecule has 6 heteroatoms. The van der Waals surface area contributed by atoms with Crippen molar-refractivity contribution in [3.8, 4) is 23.3 Å². The second-order valence-electron chi connectivity index (χ2n) is 4.00. The van der Waals surface area contributed by atoms with Crippen molar-refractivity contribution in [2.75, 3.05) is 7.11 Å². The highest BCUT2D eigenvalue weighted by Gasteiger charge is 2.13. The standard InChI is InChI=1S/C15H10BrNO4/c1-20-14-7-9(15(18)19)5-6-13(14)21-12-4-2-3-11(16)10(12)8-17/h2-7H,1H3,(H,18,19). The fourth-order valence-electron chi connectivity index (χ4n) is 1.70. The Morgan fingerprint density at radius 2 is 2.00 bits per heavy atom. The Balaban J connectivity index is 2.43. The molecule has 2 aromatic rings. The Bertz CT molecular complexity index is 737. The molecule has 0 saturated carbocycles. The molecule has 0 saturated heterocycles. The van der Waals surface area contributed by atoms with Crippen LogP contribution in [0.15, 0.2) is 40.9 Å². The van der Waals surface area contributed by atoms with Crippen LogP contribution in [0.4, 0.5) is 0 Å². The van der Waals surface area contributed by atoms with E-state index < -0.39 is 5.97 Å². The number of nitriles is 1. The minimum absolute atomic E-state index is 0.0916. The molecule has 0 aliphatic heterocycles. The van der Waals surface area contributed by atoms with Crippen molar-refractivity contribution in [2.24, 2.45) is 0 Å². The van der Waals surface area contributed by atoms with Crippen LogP contribution in [0.2, 0.25) is 0 Å². The summed E-state index contributed by atoms with van der Waals surface area (Å²) in [7, 11) is 1.42. The maximum atomic E-state index is 10.9. The molecule has 0 aromatic heterocycles. The number of hydrogen-bond donors (Lipinski definition) is 1. The number of benzene rings is 2. The summed E-state index contributed by atoms with van der Waals surface area (Å²) >= 11 is 3.28. The van der Waals surface area contributed by atoms with E-state index in [1.54, 1.807) is 18.2 Å². The first-order valence-electron chi connectivity index (χ1n) is 5.84. The average molecular weight is 348 g/mol. The van der Waals surface area contributed by atoms with Crippen LogP contribution < -0.4 is 9.47 Å². The Labute approximate surface area is 129 Å². The number of carbonyl (C=O) groups is 1. The van der Waals surface area contributed by atoms with Gasteiger partial charge in [-0.3, -0.25) is 0 Å². The number of methoxy groups -OCH3 is 1. The molecule has 0 atom stereocenters.